The molecule has 0 atom stereocenters. The molecule has 0 heterocycles. The van der Waals surface area contributed by atoms with E-state index >= 15 is 0 Å². The van der Waals surface area contributed by atoms with Gasteiger partial charge in [-0.05, 0) is 42.8 Å². The van der Waals surface area contributed by atoms with Crippen LogP contribution in [0, 0.1) is 0 Å². The molecule has 0 aromatic heterocycles. The number of halogens is 6. The van der Waals surface area contributed by atoms with E-state index in [0.29, 0.717) is 23.9 Å². The van der Waals surface area contributed by atoms with Crippen molar-refractivity contribution < 1.29 is 35.9 Å². The topological polar surface area (TPSA) is 52.3 Å². The molecule has 0 fully saturated rings. The molecule has 2 aromatic rings. The third-order valence-electron chi connectivity index (χ3n) is 3.54. The molecule has 0 bridgehead atoms. The summed E-state index contributed by atoms with van der Waals surface area (Å²) in [6, 6.07) is 7.57. The van der Waals surface area contributed by atoms with Gasteiger partial charge < -0.3 is 10.5 Å². The maximum Gasteiger partial charge on any atom is 0.418 e. The predicted molar refractivity (Wildman–Crippen MR) is 97.1 cm³/mol. The lowest BCUT2D eigenvalue weighted by Crippen LogP contribution is -2.19. The summed E-state index contributed by atoms with van der Waals surface area (Å²) in [5, 5.41) is 0. The minimum Gasteiger partial charge on any atom is -0.463 e. The van der Waals surface area contributed by atoms with Crippen molar-refractivity contribution in [2.24, 2.45) is 0 Å². The first-order valence-corrected chi connectivity index (χ1v) is 8.94. The monoisotopic (exact) mass is 435 g/mol. The number of carbonyl (C=O) groups is 1. The van der Waals surface area contributed by atoms with Crippen molar-refractivity contribution in [3.63, 3.8) is 0 Å². The molecule has 0 unspecified atom stereocenters. The van der Waals surface area contributed by atoms with Gasteiger partial charge in [-0.3, -0.25) is 0 Å². The highest BCUT2D eigenvalue weighted by Crippen LogP contribution is 2.48. The predicted octanol–water partition coefficient (Wildman–Crippen LogP) is 6.03. The van der Waals surface area contributed by atoms with Gasteiger partial charge in [0.1, 0.15) is 0 Å². The van der Waals surface area contributed by atoms with Crippen LogP contribution in [0.3, 0.4) is 0 Å². The first kappa shape index (κ1) is 22.7. The maximum absolute atomic E-state index is 13.7. The average molecular weight is 435 g/mol. The number of nitrogens with two attached hydrogens (primary N) is 1. The van der Waals surface area contributed by atoms with Crippen LogP contribution in [-0.4, -0.2) is 12.6 Å². The molecule has 156 valence electrons. The molecule has 2 aromatic carbocycles. The molecule has 2 N–H and O–H groups in total. The van der Waals surface area contributed by atoms with Gasteiger partial charge in [-0.15, -0.1) is 0 Å². The van der Waals surface area contributed by atoms with Crippen LogP contribution in [0.25, 0.3) is 6.08 Å². The molecule has 0 saturated carbocycles. The molecular formula is C19H15F6NO2S. The van der Waals surface area contributed by atoms with E-state index < -0.39 is 39.9 Å². The van der Waals surface area contributed by atoms with E-state index in [1.165, 1.54) is 31.2 Å². The van der Waals surface area contributed by atoms with Crippen LogP contribution < -0.4 is 5.73 Å². The van der Waals surface area contributed by atoms with Gasteiger partial charge in [-0.25, -0.2) is 4.79 Å². The van der Waals surface area contributed by atoms with E-state index in [2.05, 4.69) is 4.74 Å². The van der Waals surface area contributed by atoms with Gasteiger partial charge in [0.05, 0.1) is 17.7 Å². The summed E-state index contributed by atoms with van der Waals surface area (Å²) in [5.74, 6) is -0.965. The lowest BCUT2D eigenvalue weighted by atomic mass is 9.99. The number of carbonyl (C=O) groups excluding carboxylic acids is 1. The normalized spacial score (nSPS) is 12.4. The van der Waals surface area contributed by atoms with Crippen molar-refractivity contribution in [1.82, 2.24) is 0 Å². The van der Waals surface area contributed by atoms with Gasteiger partial charge in [0.25, 0.3) is 0 Å². The quantitative estimate of drug-likeness (QED) is 0.270. The van der Waals surface area contributed by atoms with Gasteiger partial charge in [0.2, 0.25) is 0 Å². The van der Waals surface area contributed by atoms with E-state index in [1.54, 1.807) is 0 Å². The fourth-order valence-electron chi connectivity index (χ4n) is 2.46. The zero-order valence-corrected chi connectivity index (χ0v) is 15.7. The van der Waals surface area contributed by atoms with Crippen LogP contribution in [0.15, 0.2) is 52.3 Å². The Bertz CT molecular complexity index is 922. The third kappa shape index (κ3) is 5.93. The van der Waals surface area contributed by atoms with E-state index in [0.717, 1.165) is 12.1 Å². The smallest absolute Gasteiger partial charge is 0.418 e. The Morgan fingerprint density at radius 1 is 1.07 bits per heavy atom. The molecule has 0 spiro atoms. The molecular weight excluding hydrogens is 420 g/mol. The van der Waals surface area contributed by atoms with Crippen molar-refractivity contribution in [1.29, 1.82) is 0 Å². The standard InChI is InChI=1S/C19H15F6NO2S/c1-2-28-15(27)9-7-11-6-8-14(29-13-5-3-4-12(26)10-13)17(19(23,24)25)16(11)18(20,21)22/h3-10H,2,26H2,1H3. The van der Waals surface area contributed by atoms with Crippen LogP contribution in [0.4, 0.5) is 32.0 Å². The molecule has 2 rings (SSSR count). The van der Waals surface area contributed by atoms with Gasteiger partial charge in [-0.2, -0.15) is 26.3 Å². The molecule has 0 aliphatic rings. The number of ether oxygens (including phenoxy) is 1. The van der Waals surface area contributed by atoms with Crippen molar-refractivity contribution in [2.75, 3.05) is 12.3 Å². The first-order valence-electron chi connectivity index (χ1n) is 8.13. The Morgan fingerprint density at radius 2 is 1.72 bits per heavy atom. The van der Waals surface area contributed by atoms with Crippen molar-refractivity contribution in [2.45, 2.75) is 29.1 Å². The highest BCUT2D eigenvalue weighted by molar-refractivity contribution is 7.99. The molecule has 0 aliphatic carbocycles. The summed E-state index contributed by atoms with van der Waals surface area (Å²) in [4.78, 5) is 11.0. The number of nitrogen functional groups attached to an aromatic ring is 1. The molecule has 29 heavy (non-hydrogen) atoms. The number of rotatable bonds is 5. The number of benzene rings is 2. The fourth-order valence-corrected chi connectivity index (χ4v) is 3.52. The molecule has 0 saturated heterocycles. The zero-order valence-electron chi connectivity index (χ0n) is 14.9. The molecule has 10 heteroatoms. The fraction of sp³-hybridized carbons (Fsp3) is 0.211. The summed E-state index contributed by atoms with van der Waals surface area (Å²) >= 11 is 0.511. The van der Waals surface area contributed by atoms with Crippen LogP contribution in [0.1, 0.15) is 23.6 Å². The second-order valence-electron chi connectivity index (χ2n) is 5.66. The lowest BCUT2D eigenvalue weighted by molar-refractivity contribution is -0.163. The Morgan fingerprint density at radius 3 is 2.28 bits per heavy atom. The molecule has 0 aliphatic heterocycles. The van der Waals surface area contributed by atoms with Gasteiger partial charge in [0.15, 0.2) is 0 Å². The minimum absolute atomic E-state index is 0.0289. The Labute approximate surface area is 166 Å². The second-order valence-corrected chi connectivity index (χ2v) is 6.77. The summed E-state index contributed by atoms with van der Waals surface area (Å²) in [6.45, 7) is 1.45. The Kier molecular flexibility index (Phi) is 6.89. The van der Waals surface area contributed by atoms with Crippen molar-refractivity contribution >= 4 is 29.5 Å². The van der Waals surface area contributed by atoms with Crippen LogP contribution in [-0.2, 0) is 21.9 Å². The summed E-state index contributed by atoms with van der Waals surface area (Å²) in [6.07, 6.45) is -9.29. The Balaban J connectivity index is 2.66. The van der Waals surface area contributed by atoms with Crippen LogP contribution in [0.2, 0.25) is 0 Å². The molecule has 0 radical (unpaired) electrons. The second kappa shape index (κ2) is 8.81. The average Bonchev–Trinajstić information content (AvgIpc) is 2.58. The SMILES string of the molecule is CCOC(=O)C=Cc1ccc(Sc2cccc(N)c2)c(C(F)(F)F)c1C(F)(F)F. The maximum atomic E-state index is 13.7. The van der Waals surface area contributed by atoms with Gasteiger partial charge in [0, 0.05) is 21.6 Å². The first-order chi connectivity index (χ1) is 13.4. The highest BCUT2D eigenvalue weighted by atomic mass is 32.2. The number of hydrogen-bond donors (Lipinski definition) is 1. The number of esters is 1. The number of hydrogen-bond acceptors (Lipinski definition) is 4. The molecule has 0 amide bonds. The number of alkyl halides is 6. The van der Waals surface area contributed by atoms with Crippen molar-refractivity contribution in [3.05, 3.63) is 59.2 Å². The summed E-state index contributed by atoms with van der Waals surface area (Å²) < 4.78 is 86.4. The third-order valence-corrected chi connectivity index (χ3v) is 4.59. The minimum atomic E-state index is -5.31. The van der Waals surface area contributed by atoms with Crippen LogP contribution in [0.5, 0.6) is 0 Å². The van der Waals surface area contributed by atoms with Gasteiger partial charge in [-0.1, -0.05) is 23.9 Å². The van der Waals surface area contributed by atoms with Crippen molar-refractivity contribution in [3.8, 4) is 0 Å². The van der Waals surface area contributed by atoms with E-state index in [1.807, 2.05) is 0 Å². The molecule has 3 nitrogen and oxygen atoms in total. The van der Waals surface area contributed by atoms with E-state index in [-0.39, 0.29) is 17.2 Å². The number of anilines is 1. The Hall–Kier alpha value is -2.62. The zero-order chi connectivity index (χ0) is 21.8. The van der Waals surface area contributed by atoms with E-state index in [4.69, 9.17) is 5.73 Å². The largest absolute Gasteiger partial charge is 0.463 e. The summed E-state index contributed by atoms with van der Waals surface area (Å²) in [5.41, 5.74) is 1.34. The lowest BCUT2D eigenvalue weighted by Gasteiger charge is -2.21. The summed E-state index contributed by atoms with van der Waals surface area (Å²) in [7, 11) is 0. The van der Waals surface area contributed by atoms with Crippen LogP contribution >= 0.6 is 11.8 Å². The van der Waals surface area contributed by atoms with E-state index in [9.17, 15) is 31.1 Å². The highest BCUT2D eigenvalue weighted by Gasteiger charge is 2.46. The van der Waals surface area contributed by atoms with Gasteiger partial charge >= 0.3 is 18.3 Å².